The Morgan fingerprint density at radius 1 is 1.04 bits per heavy atom. The number of aliphatic imine (C=N–C) groups is 1. The molecule has 5 nitrogen and oxygen atoms in total. The molecule has 0 aliphatic rings. The fourth-order valence-corrected chi connectivity index (χ4v) is 2.20. The summed E-state index contributed by atoms with van der Waals surface area (Å²) in [5.74, 6) is -0.0243. The maximum Gasteiger partial charge on any atom is 0.251 e. The predicted molar refractivity (Wildman–Crippen MR) is 98.1 cm³/mol. The monoisotopic (exact) mass is 342 g/mol. The average molecular weight is 342 g/mol. The Labute approximate surface area is 147 Å². The molecule has 2 rings (SSSR count). The molecule has 3 N–H and O–H groups in total. The largest absolute Gasteiger partial charge is 0.355 e. The van der Waals surface area contributed by atoms with Gasteiger partial charge in [0, 0.05) is 32.2 Å². The number of nitrogens with zero attached hydrogens (tertiary/aromatic N) is 1. The van der Waals surface area contributed by atoms with Crippen LogP contribution in [0, 0.1) is 12.7 Å². The summed E-state index contributed by atoms with van der Waals surface area (Å²) in [6.45, 7) is 3.24. The lowest BCUT2D eigenvalue weighted by Crippen LogP contribution is -2.41. The lowest BCUT2D eigenvalue weighted by Gasteiger charge is -2.12. The van der Waals surface area contributed by atoms with Gasteiger partial charge in [-0.25, -0.2) is 4.39 Å². The molecule has 0 unspecified atom stereocenters. The van der Waals surface area contributed by atoms with Gasteiger partial charge in [-0.1, -0.05) is 36.4 Å². The van der Waals surface area contributed by atoms with Crippen LogP contribution in [-0.2, 0) is 6.54 Å². The molecule has 0 saturated heterocycles. The summed E-state index contributed by atoms with van der Waals surface area (Å²) < 4.78 is 13.5. The molecule has 132 valence electrons. The van der Waals surface area contributed by atoms with E-state index in [0.29, 0.717) is 36.7 Å². The van der Waals surface area contributed by atoms with E-state index in [1.807, 2.05) is 30.3 Å². The number of amides is 1. The molecule has 2 aromatic carbocycles. The molecule has 6 heteroatoms. The molecule has 0 radical (unpaired) electrons. The van der Waals surface area contributed by atoms with Crippen molar-refractivity contribution < 1.29 is 9.18 Å². The minimum atomic E-state index is -0.378. The Balaban J connectivity index is 1.71. The Morgan fingerprint density at radius 3 is 2.44 bits per heavy atom. The van der Waals surface area contributed by atoms with Crippen LogP contribution >= 0.6 is 0 Å². The molecular weight excluding hydrogens is 319 g/mol. The normalized spacial score (nSPS) is 11.1. The number of nitrogens with one attached hydrogen (secondary N) is 3. The summed E-state index contributed by atoms with van der Waals surface area (Å²) >= 11 is 0. The first-order valence-corrected chi connectivity index (χ1v) is 8.13. The fourth-order valence-electron chi connectivity index (χ4n) is 2.20. The minimum Gasteiger partial charge on any atom is -0.355 e. The number of hydrogen-bond donors (Lipinski definition) is 3. The second kappa shape index (κ2) is 9.42. The molecule has 0 bridgehead atoms. The van der Waals surface area contributed by atoms with Gasteiger partial charge in [-0.2, -0.15) is 0 Å². The predicted octanol–water partition coefficient (Wildman–Crippen LogP) is 2.23. The Bertz CT molecular complexity index is 731. The van der Waals surface area contributed by atoms with E-state index in [1.165, 1.54) is 6.07 Å². The van der Waals surface area contributed by atoms with Crippen molar-refractivity contribution in [1.29, 1.82) is 0 Å². The zero-order valence-electron chi connectivity index (χ0n) is 14.5. The Morgan fingerprint density at radius 2 is 1.76 bits per heavy atom. The average Bonchev–Trinajstić information content (AvgIpc) is 2.64. The van der Waals surface area contributed by atoms with Crippen LogP contribution in [0.2, 0.25) is 0 Å². The third-order valence-electron chi connectivity index (χ3n) is 3.66. The minimum absolute atomic E-state index is 0.298. The third kappa shape index (κ3) is 5.91. The van der Waals surface area contributed by atoms with Crippen molar-refractivity contribution in [2.75, 3.05) is 20.1 Å². The van der Waals surface area contributed by atoms with Gasteiger partial charge in [0.15, 0.2) is 5.96 Å². The number of carbonyl (C=O) groups is 1. The van der Waals surface area contributed by atoms with Crippen molar-refractivity contribution in [2.45, 2.75) is 13.5 Å². The van der Waals surface area contributed by atoms with E-state index in [4.69, 9.17) is 0 Å². The van der Waals surface area contributed by atoms with E-state index in [9.17, 15) is 9.18 Å². The van der Waals surface area contributed by atoms with Gasteiger partial charge in [-0.05, 0) is 30.2 Å². The standard InChI is InChI=1S/C19H23FN4O/c1-14-8-9-16(12-17(14)20)18(25)22-10-11-23-19(21-2)24-13-15-6-4-3-5-7-15/h3-9,12H,10-11,13H2,1-2H3,(H,22,25)(H2,21,23,24). The van der Waals surface area contributed by atoms with Crippen molar-refractivity contribution in [3.8, 4) is 0 Å². The van der Waals surface area contributed by atoms with Gasteiger partial charge in [-0.3, -0.25) is 9.79 Å². The summed E-state index contributed by atoms with van der Waals surface area (Å²) in [7, 11) is 1.69. The highest BCUT2D eigenvalue weighted by molar-refractivity contribution is 5.94. The maximum atomic E-state index is 13.5. The first kappa shape index (κ1) is 18.4. The Hall–Kier alpha value is -2.89. The summed E-state index contributed by atoms with van der Waals surface area (Å²) in [5.41, 5.74) is 1.99. The lowest BCUT2D eigenvalue weighted by molar-refractivity contribution is 0.0954. The van der Waals surface area contributed by atoms with E-state index in [1.54, 1.807) is 26.1 Å². The second-order valence-corrected chi connectivity index (χ2v) is 5.56. The molecule has 0 aliphatic heterocycles. The summed E-state index contributed by atoms with van der Waals surface area (Å²) in [6, 6.07) is 14.5. The van der Waals surface area contributed by atoms with E-state index in [0.717, 1.165) is 5.56 Å². The number of carbonyl (C=O) groups excluding carboxylic acids is 1. The topological polar surface area (TPSA) is 65.5 Å². The summed E-state index contributed by atoms with van der Waals surface area (Å²) in [5, 5.41) is 9.06. The van der Waals surface area contributed by atoms with E-state index >= 15 is 0 Å². The highest BCUT2D eigenvalue weighted by Gasteiger charge is 2.07. The molecule has 25 heavy (non-hydrogen) atoms. The SMILES string of the molecule is CN=C(NCCNC(=O)c1ccc(C)c(F)c1)NCc1ccccc1. The molecule has 0 aliphatic carbocycles. The van der Waals surface area contributed by atoms with Crippen molar-refractivity contribution in [2.24, 2.45) is 4.99 Å². The van der Waals surface area contributed by atoms with Crippen molar-refractivity contribution in [3.63, 3.8) is 0 Å². The zero-order chi connectivity index (χ0) is 18.1. The zero-order valence-corrected chi connectivity index (χ0v) is 14.5. The summed E-state index contributed by atoms with van der Waals surface area (Å²) in [4.78, 5) is 16.1. The van der Waals surface area contributed by atoms with Gasteiger partial charge in [0.25, 0.3) is 5.91 Å². The molecule has 0 fully saturated rings. The summed E-state index contributed by atoms with van der Waals surface area (Å²) in [6.07, 6.45) is 0. The molecule has 2 aromatic rings. The molecule has 0 atom stereocenters. The highest BCUT2D eigenvalue weighted by Crippen LogP contribution is 2.08. The van der Waals surface area contributed by atoms with E-state index in [2.05, 4.69) is 20.9 Å². The van der Waals surface area contributed by atoms with Crippen molar-refractivity contribution in [3.05, 3.63) is 71.0 Å². The molecule has 0 aromatic heterocycles. The lowest BCUT2D eigenvalue weighted by atomic mass is 10.1. The van der Waals surface area contributed by atoms with Gasteiger partial charge in [0.1, 0.15) is 5.82 Å². The van der Waals surface area contributed by atoms with Gasteiger partial charge < -0.3 is 16.0 Å². The number of aryl methyl sites for hydroxylation is 1. The number of hydrogen-bond acceptors (Lipinski definition) is 2. The van der Waals surface area contributed by atoms with E-state index in [-0.39, 0.29) is 11.7 Å². The number of benzene rings is 2. The van der Waals surface area contributed by atoms with Crippen LogP contribution in [-0.4, -0.2) is 32.0 Å². The number of rotatable bonds is 6. The molecule has 0 spiro atoms. The van der Waals surface area contributed by atoms with Crippen LogP contribution in [0.15, 0.2) is 53.5 Å². The second-order valence-electron chi connectivity index (χ2n) is 5.56. The van der Waals surface area contributed by atoms with Crippen LogP contribution in [0.1, 0.15) is 21.5 Å². The Kier molecular flexibility index (Phi) is 6.95. The highest BCUT2D eigenvalue weighted by atomic mass is 19.1. The van der Waals surface area contributed by atoms with Crippen molar-refractivity contribution >= 4 is 11.9 Å². The van der Waals surface area contributed by atoms with Crippen LogP contribution in [0.25, 0.3) is 0 Å². The van der Waals surface area contributed by atoms with Crippen LogP contribution < -0.4 is 16.0 Å². The molecule has 0 heterocycles. The smallest absolute Gasteiger partial charge is 0.251 e. The van der Waals surface area contributed by atoms with Crippen LogP contribution in [0.3, 0.4) is 0 Å². The van der Waals surface area contributed by atoms with Gasteiger partial charge in [-0.15, -0.1) is 0 Å². The van der Waals surface area contributed by atoms with E-state index < -0.39 is 0 Å². The van der Waals surface area contributed by atoms with Crippen LogP contribution in [0.4, 0.5) is 4.39 Å². The third-order valence-corrected chi connectivity index (χ3v) is 3.66. The quantitative estimate of drug-likeness (QED) is 0.428. The first-order chi connectivity index (χ1) is 12.1. The van der Waals surface area contributed by atoms with Gasteiger partial charge in [0.05, 0.1) is 0 Å². The fraction of sp³-hybridized carbons (Fsp3) is 0.263. The van der Waals surface area contributed by atoms with Crippen LogP contribution in [0.5, 0.6) is 0 Å². The first-order valence-electron chi connectivity index (χ1n) is 8.13. The number of halogens is 1. The molecular formula is C19H23FN4O. The van der Waals surface area contributed by atoms with Crippen molar-refractivity contribution in [1.82, 2.24) is 16.0 Å². The maximum absolute atomic E-state index is 13.5. The molecule has 0 saturated carbocycles. The number of guanidine groups is 1. The van der Waals surface area contributed by atoms with Gasteiger partial charge >= 0.3 is 0 Å². The van der Waals surface area contributed by atoms with Gasteiger partial charge in [0.2, 0.25) is 0 Å². The molecule has 1 amide bonds.